The smallest absolute Gasteiger partial charge is 0.431 e. The van der Waals surface area contributed by atoms with Gasteiger partial charge in [0.05, 0.1) is 11.3 Å². The number of piperidine rings is 1. The summed E-state index contributed by atoms with van der Waals surface area (Å²) in [4.78, 5) is 31.1. The van der Waals surface area contributed by atoms with Crippen molar-refractivity contribution in [3.63, 3.8) is 0 Å². The molecule has 1 amide bonds. The van der Waals surface area contributed by atoms with Crippen LogP contribution in [0, 0.1) is 11.3 Å². The molecule has 1 aliphatic heterocycles. The molecule has 0 bridgehead atoms. The third-order valence-electron chi connectivity index (χ3n) is 5.39. The number of nitrogens with zero attached hydrogens (tertiary/aromatic N) is 4. The first-order valence-corrected chi connectivity index (χ1v) is 10.9. The fourth-order valence-electron chi connectivity index (χ4n) is 3.75. The molecule has 1 saturated heterocycles. The van der Waals surface area contributed by atoms with Gasteiger partial charge >= 0.3 is 6.16 Å². The standard InChI is InChI=1S/C25H26N4O4/c1-25(2,3)33-24(31)32-20-10-12-28(13-11-20)23(30)19-7-5-18(6-8-19)21-16-29-15-17(14-26)4-9-22(29)27-21/h4-9,15-16,20H,10-13H2,1-3H3. The molecule has 0 saturated carbocycles. The molecule has 0 N–H and O–H groups in total. The molecule has 0 aliphatic carbocycles. The highest BCUT2D eigenvalue weighted by Crippen LogP contribution is 2.22. The Labute approximate surface area is 192 Å². The van der Waals surface area contributed by atoms with Crippen molar-refractivity contribution in [3.8, 4) is 17.3 Å². The summed E-state index contributed by atoms with van der Waals surface area (Å²) in [6.07, 6.45) is 3.84. The lowest BCUT2D eigenvalue weighted by molar-refractivity contribution is -0.0375. The summed E-state index contributed by atoms with van der Waals surface area (Å²) in [6.45, 7) is 6.41. The molecule has 0 unspecified atom stereocenters. The summed E-state index contributed by atoms with van der Waals surface area (Å²) in [7, 11) is 0. The predicted octanol–water partition coefficient (Wildman–Crippen LogP) is 4.43. The molecule has 4 rings (SSSR count). The number of fused-ring (bicyclic) bond motifs is 1. The molecular weight excluding hydrogens is 420 g/mol. The zero-order valence-corrected chi connectivity index (χ0v) is 18.9. The summed E-state index contributed by atoms with van der Waals surface area (Å²) >= 11 is 0. The quantitative estimate of drug-likeness (QED) is 0.552. The average molecular weight is 447 g/mol. The predicted molar refractivity (Wildman–Crippen MR) is 122 cm³/mol. The van der Waals surface area contributed by atoms with Crippen LogP contribution in [-0.2, 0) is 9.47 Å². The third kappa shape index (κ3) is 5.32. The molecular formula is C25H26N4O4. The molecule has 8 heteroatoms. The summed E-state index contributed by atoms with van der Waals surface area (Å²) in [5.74, 6) is -0.0501. The van der Waals surface area contributed by atoms with Gasteiger partial charge in [0.25, 0.3) is 5.91 Å². The molecule has 170 valence electrons. The number of hydrogen-bond donors (Lipinski definition) is 0. The Bertz CT molecular complexity index is 1210. The molecule has 3 aromatic rings. The summed E-state index contributed by atoms with van der Waals surface area (Å²) in [5, 5.41) is 9.06. The van der Waals surface area contributed by atoms with Crippen molar-refractivity contribution in [2.24, 2.45) is 0 Å². The molecule has 0 atom stereocenters. The van der Waals surface area contributed by atoms with Gasteiger partial charge in [-0.1, -0.05) is 12.1 Å². The second kappa shape index (κ2) is 8.94. The average Bonchev–Trinajstić information content (AvgIpc) is 3.21. The van der Waals surface area contributed by atoms with Crippen molar-refractivity contribution in [1.29, 1.82) is 5.26 Å². The molecule has 1 fully saturated rings. The van der Waals surface area contributed by atoms with Gasteiger partial charge in [0, 0.05) is 49.5 Å². The molecule has 2 aromatic heterocycles. The molecule has 0 spiro atoms. The topological polar surface area (TPSA) is 96.9 Å². The SMILES string of the molecule is CC(C)(C)OC(=O)OC1CCN(C(=O)c2ccc(-c3cn4cc(C#N)ccc4n3)cc2)CC1. The zero-order valence-electron chi connectivity index (χ0n) is 18.9. The minimum absolute atomic E-state index is 0.0501. The number of nitriles is 1. The summed E-state index contributed by atoms with van der Waals surface area (Å²) in [5.41, 5.74) is 2.97. The van der Waals surface area contributed by atoms with Crippen LogP contribution in [0.5, 0.6) is 0 Å². The minimum Gasteiger partial charge on any atom is -0.431 e. The maximum atomic E-state index is 12.9. The van der Waals surface area contributed by atoms with Gasteiger partial charge in [-0.05, 0) is 45.0 Å². The number of rotatable bonds is 3. The normalized spacial score (nSPS) is 14.7. The van der Waals surface area contributed by atoms with Crippen molar-refractivity contribution < 1.29 is 19.1 Å². The number of aromatic nitrogens is 2. The molecule has 0 radical (unpaired) electrons. The fourth-order valence-corrected chi connectivity index (χ4v) is 3.75. The van der Waals surface area contributed by atoms with Gasteiger partial charge in [0.1, 0.15) is 23.4 Å². The highest BCUT2D eigenvalue weighted by molar-refractivity contribution is 5.94. The van der Waals surface area contributed by atoms with Crippen LogP contribution >= 0.6 is 0 Å². The number of imidazole rings is 1. The van der Waals surface area contributed by atoms with Crippen molar-refractivity contribution >= 4 is 17.7 Å². The maximum Gasteiger partial charge on any atom is 0.509 e. The number of hydrogen-bond acceptors (Lipinski definition) is 6. The highest BCUT2D eigenvalue weighted by Gasteiger charge is 2.27. The van der Waals surface area contributed by atoms with Gasteiger partial charge in [-0.2, -0.15) is 5.26 Å². The van der Waals surface area contributed by atoms with E-state index in [9.17, 15) is 9.59 Å². The molecule has 8 nitrogen and oxygen atoms in total. The number of carbonyl (C=O) groups is 2. The lowest BCUT2D eigenvalue weighted by Crippen LogP contribution is -2.41. The summed E-state index contributed by atoms with van der Waals surface area (Å²) < 4.78 is 12.4. The van der Waals surface area contributed by atoms with Crippen LogP contribution in [0.2, 0.25) is 0 Å². The van der Waals surface area contributed by atoms with E-state index >= 15 is 0 Å². The van der Waals surface area contributed by atoms with Gasteiger partial charge in [-0.15, -0.1) is 0 Å². The fraction of sp³-hybridized carbons (Fsp3) is 0.360. The van der Waals surface area contributed by atoms with Crippen molar-refractivity contribution in [2.75, 3.05) is 13.1 Å². The van der Waals surface area contributed by atoms with E-state index < -0.39 is 11.8 Å². The monoisotopic (exact) mass is 446 g/mol. The van der Waals surface area contributed by atoms with Gasteiger partial charge < -0.3 is 18.8 Å². The molecule has 1 aliphatic rings. The third-order valence-corrected chi connectivity index (χ3v) is 5.39. The van der Waals surface area contributed by atoms with Gasteiger partial charge in [-0.25, -0.2) is 9.78 Å². The zero-order chi connectivity index (χ0) is 23.6. The highest BCUT2D eigenvalue weighted by atomic mass is 16.7. The Morgan fingerprint density at radius 2 is 1.76 bits per heavy atom. The molecule has 1 aromatic carbocycles. The summed E-state index contributed by atoms with van der Waals surface area (Å²) in [6, 6.07) is 13.0. The Balaban J connectivity index is 1.36. The number of benzene rings is 1. The van der Waals surface area contributed by atoms with E-state index in [1.165, 1.54) is 0 Å². The van der Waals surface area contributed by atoms with Crippen LogP contribution < -0.4 is 0 Å². The largest absolute Gasteiger partial charge is 0.509 e. The second-order valence-electron chi connectivity index (χ2n) is 9.07. The van der Waals surface area contributed by atoms with Crippen LogP contribution in [-0.4, -0.2) is 51.1 Å². The van der Waals surface area contributed by atoms with Crippen LogP contribution in [0.25, 0.3) is 16.9 Å². The van der Waals surface area contributed by atoms with Crippen LogP contribution in [0.15, 0.2) is 48.8 Å². The first-order valence-electron chi connectivity index (χ1n) is 10.9. The van der Waals surface area contributed by atoms with E-state index in [2.05, 4.69) is 11.1 Å². The first-order chi connectivity index (χ1) is 15.7. The Morgan fingerprint density at radius 1 is 1.06 bits per heavy atom. The Hall–Kier alpha value is -3.86. The van der Waals surface area contributed by atoms with Crippen LogP contribution in [0.3, 0.4) is 0 Å². The lowest BCUT2D eigenvalue weighted by Gasteiger charge is -2.32. The van der Waals surface area contributed by atoms with E-state index in [1.54, 1.807) is 56.1 Å². The second-order valence-corrected chi connectivity index (χ2v) is 9.07. The van der Waals surface area contributed by atoms with E-state index in [-0.39, 0.29) is 12.0 Å². The lowest BCUT2D eigenvalue weighted by atomic mass is 10.0. The molecule has 33 heavy (non-hydrogen) atoms. The van der Waals surface area contributed by atoms with Crippen molar-refractivity contribution in [3.05, 3.63) is 59.9 Å². The van der Waals surface area contributed by atoms with Gasteiger partial charge in [0.15, 0.2) is 0 Å². The number of carbonyl (C=O) groups excluding carboxylic acids is 2. The van der Waals surface area contributed by atoms with E-state index in [1.807, 2.05) is 22.7 Å². The first kappa shape index (κ1) is 22.3. The van der Waals surface area contributed by atoms with E-state index in [0.29, 0.717) is 37.1 Å². The van der Waals surface area contributed by atoms with Crippen molar-refractivity contribution in [1.82, 2.24) is 14.3 Å². The van der Waals surface area contributed by atoms with E-state index in [4.69, 9.17) is 14.7 Å². The van der Waals surface area contributed by atoms with Gasteiger partial charge in [0.2, 0.25) is 0 Å². The maximum absolute atomic E-state index is 12.9. The number of likely N-dealkylation sites (tertiary alicyclic amines) is 1. The Morgan fingerprint density at radius 3 is 2.39 bits per heavy atom. The number of amides is 1. The van der Waals surface area contributed by atoms with Gasteiger partial charge in [-0.3, -0.25) is 4.79 Å². The number of ether oxygens (including phenoxy) is 2. The number of pyridine rings is 1. The van der Waals surface area contributed by atoms with Crippen molar-refractivity contribution in [2.45, 2.75) is 45.3 Å². The Kier molecular flexibility index (Phi) is 6.05. The van der Waals surface area contributed by atoms with Crippen LogP contribution in [0.4, 0.5) is 4.79 Å². The molecule has 3 heterocycles. The van der Waals surface area contributed by atoms with Crippen LogP contribution in [0.1, 0.15) is 49.5 Å². The minimum atomic E-state index is -0.668. The van der Waals surface area contributed by atoms with E-state index in [0.717, 1.165) is 16.9 Å².